The van der Waals surface area contributed by atoms with E-state index in [1.165, 1.54) is 0 Å². The number of pyridine rings is 1. The minimum atomic E-state index is 0.765. The summed E-state index contributed by atoms with van der Waals surface area (Å²) in [6.45, 7) is 0.765. The standard InChI is InChI=1S/C13H11N3/c1-2-7-13-12(6-1)15-10-16(13)9-11-5-3-4-8-14-11/h1-8,10H,9H2. The van der Waals surface area contributed by atoms with Crippen LogP contribution >= 0.6 is 0 Å². The number of hydrogen-bond donors (Lipinski definition) is 0. The van der Waals surface area contributed by atoms with Gasteiger partial charge in [-0.05, 0) is 24.3 Å². The van der Waals surface area contributed by atoms with Gasteiger partial charge in [0.05, 0.1) is 29.6 Å². The van der Waals surface area contributed by atoms with Crippen LogP contribution in [0.5, 0.6) is 0 Å². The van der Waals surface area contributed by atoms with Crippen molar-refractivity contribution < 1.29 is 0 Å². The molecule has 2 heterocycles. The van der Waals surface area contributed by atoms with Gasteiger partial charge in [0.2, 0.25) is 0 Å². The quantitative estimate of drug-likeness (QED) is 0.649. The lowest BCUT2D eigenvalue weighted by Gasteiger charge is -2.02. The first-order chi connectivity index (χ1) is 7.93. The van der Waals surface area contributed by atoms with E-state index in [2.05, 4.69) is 20.6 Å². The first-order valence-corrected chi connectivity index (χ1v) is 5.23. The van der Waals surface area contributed by atoms with Crippen molar-refractivity contribution in [2.75, 3.05) is 0 Å². The van der Waals surface area contributed by atoms with E-state index in [4.69, 9.17) is 0 Å². The maximum absolute atomic E-state index is 4.35. The summed E-state index contributed by atoms with van der Waals surface area (Å²) in [6, 6.07) is 14.1. The largest absolute Gasteiger partial charge is 0.324 e. The lowest BCUT2D eigenvalue weighted by atomic mass is 10.3. The third-order valence-electron chi connectivity index (χ3n) is 2.59. The second-order valence-corrected chi connectivity index (χ2v) is 3.68. The fourth-order valence-electron chi connectivity index (χ4n) is 1.80. The fourth-order valence-corrected chi connectivity index (χ4v) is 1.80. The summed E-state index contributed by atoms with van der Waals surface area (Å²) in [6.07, 6.45) is 3.67. The Morgan fingerprint density at radius 2 is 1.81 bits per heavy atom. The molecule has 3 nitrogen and oxygen atoms in total. The van der Waals surface area contributed by atoms with Crippen molar-refractivity contribution in [3.8, 4) is 0 Å². The van der Waals surface area contributed by atoms with Gasteiger partial charge in [-0.2, -0.15) is 0 Å². The Labute approximate surface area is 93.4 Å². The Hall–Kier alpha value is -2.16. The first-order valence-electron chi connectivity index (χ1n) is 5.23. The Balaban J connectivity index is 2.01. The number of para-hydroxylation sites is 2. The molecule has 3 aromatic rings. The number of benzene rings is 1. The summed E-state index contributed by atoms with van der Waals surface area (Å²) in [4.78, 5) is 8.66. The molecule has 3 heteroatoms. The number of aromatic nitrogens is 3. The molecule has 0 unspecified atom stereocenters. The predicted octanol–water partition coefficient (Wildman–Crippen LogP) is 2.48. The van der Waals surface area contributed by atoms with E-state index in [9.17, 15) is 0 Å². The van der Waals surface area contributed by atoms with Gasteiger partial charge in [-0.25, -0.2) is 4.98 Å². The van der Waals surface area contributed by atoms with Crippen LogP contribution in [0.2, 0.25) is 0 Å². The van der Waals surface area contributed by atoms with Gasteiger partial charge in [0.1, 0.15) is 0 Å². The van der Waals surface area contributed by atoms with Crippen LogP contribution in [0.3, 0.4) is 0 Å². The van der Waals surface area contributed by atoms with Crippen LogP contribution in [-0.2, 0) is 6.54 Å². The molecule has 0 amide bonds. The molecule has 0 N–H and O–H groups in total. The van der Waals surface area contributed by atoms with Crippen molar-refractivity contribution in [3.63, 3.8) is 0 Å². The monoisotopic (exact) mass is 209 g/mol. The summed E-state index contributed by atoms with van der Waals surface area (Å²) in [7, 11) is 0. The number of nitrogens with zero attached hydrogens (tertiary/aromatic N) is 3. The first kappa shape index (κ1) is 9.09. The van der Waals surface area contributed by atoms with Gasteiger partial charge in [-0.3, -0.25) is 4.98 Å². The lowest BCUT2D eigenvalue weighted by Crippen LogP contribution is -1.99. The molecule has 0 atom stereocenters. The van der Waals surface area contributed by atoms with Crippen LogP contribution in [0.1, 0.15) is 5.69 Å². The molecule has 2 aromatic heterocycles. The van der Waals surface area contributed by atoms with E-state index < -0.39 is 0 Å². The molecule has 0 aliphatic carbocycles. The van der Waals surface area contributed by atoms with E-state index in [0.717, 1.165) is 23.3 Å². The molecule has 3 rings (SSSR count). The SMILES string of the molecule is c1ccc(Cn2cnc3ccccc32)nc1. The molecule has 1 aromatic carbocycles. The zero-order chi connectivity index (χ0) is 10.8. The molecule has 0 aliphatic rings. The Morgan fingerprint density at radius 3 is 2.69 bits per heavy atom. The fraction of sp³-hybridized carbons (Fsp3) is 0.0769. The highest BCUT2D eigenvalue weighted by atomic mass is 15.0. The molecule has 0 saturated carbocycles. The van der Waals surface area contributed by atoms with E-state index >= 15 is 0 Å². The third-order valence-corrected chi connectivity index (χ3v) is 2.59. The molecular formula is C13H11N3. The van der Waals surface area contributed by atoms with Crippen molar-refractivity contribution >= 4 is 11.0 Å². The van der Waals surface area contributed by atoms with Crippen LogP contribution in [-0.4, -0.2) is 14.5 Å². The molecule has 0 saturated heterocycles. The highest BCUT2D eigenvalue weighted by molar-refractivity contribution is 5.74. The Kier molecular flexibility index (Phi) is 2.14. The zero-order valence-electron chi connectivity index (χ0n) is 8.74. The van der Waals surface area contributed by atoms with Crippen LogP contribution in [0.25, 0.3) is 11.0 Å². The maximum Gasteiger partial charge on any atom is 0.0962 e. The van der Waals surface area contributed by atoms with Crippen LogP contribution < -0.4 is 0 Å². The zero-order valence-corrected chi connectivity index (χ0v) is 8.74. The van der Waals surface area contributed by atoms with Gasteiger partial charge in [0, 0.05) is 6.20 Å². The van der Waals surface area contributed by atoms with Crippen LogP contribution in [0.4, 0.5) is 0 Å². The second-order valence-electron chi connectivity index (χ2n) is 3.68. The molecule has 0 fully saturated rings. The Morgan fingerprint density at radius 1 is 0.938 bits per heavy atom. The van der Waals surface area contributed by atoms with Gasteiger partial charge < -0.3 is 4.57 Å². The molecule has 78 valence electrons. The minimum Gasteiger partial charge on any atom is -0.324 e. The molecule has 0 radical (unpaired) electrons. The third kappa shape index (κ3) is 1.56. The number of imidazole rings is 1. The van der Waals surface area contributed by atoms with Crippen LogP contribution in [0.15, 0.2) is 55.0 Å². The van der Waals surface area contributed by atoms with Gasteiger partial charge in [0.15, 0.2) is 0 Å². The highest BCUT2D eigenvalue weighted by Crippen LogP contribution is 2.12. The summed E-state index contributed by atoms with van der Waals surface area (Å²) in [5, 5.41) is 0. The van der Waals surface area contributed by atoms with E-state index in [0.29, 0.717) is 0 Å². The second kappa shape index (κ2) is 3.77. The van der Waals surface area contributed by atoms with Crippen molar-refractivity contribution in [2.24, 2.45) is 0 Å². The van der Waals surface area contributed by atoms with Gasteiger partial charge in [-0.15, -0.1) is 0 Å². The highest BCUT2D eigenvalue weighted by Gasteiger charge is 2.01. The molecule has 0 aliphatic heterocycles. The number of fused-ring (bicyclic) bond motifs is 1. The average molecular weight is 209 g/mol. The van der Waals surface area contributed by atoms with E-state index in [-0.39, 0.29) is 0 Å². The Bertz CT molecular complexity index is 599. The van der Waals surface area contributed by atoms with Crippen molar-refractivity contribution in [2.45, 2.75) is 6.54 Å². The normalized spacial score (nSPS) is 10.8. The van der Waals surface area contributed by atoms with E-state index in [1.807, 2.05) is 48.9 Å². The topological polar surface area (TPSA) is 30.7 Å². The molecule has 16 heavy (non-hydrogen) atoms. The number of hydrogen-bond acceptors (Lipinski definition) is 2. The molecular weight excluding hydrogens is 198 g/mol. The van der Waals surface area contributed by atoms with Gasteiger partial charge in [0.25, 0.3) is 0 Å². The van der Waals surface area contributed by atoms with E-state index in [1.54, 1.807) is 0 Å². The maximum atomic E-state index is 4.35. The van der Waals surface area contributed by atoms with Gasteiger partial charge in [-0.1, -0.05) is 18.2 Å². The smallest absolute Gasteiger partial charge is 0.0962 e. The van der Waals surface area contributed by atoms with Crippen LogP contribution in [0, 0.1) is 0 Å². The molecule has 0 bridgehead atoms. The molecule has 0 spiro atoms. The van der Waals surface area contributed by atoms with Gasteiger partial charge >= 0.3 is 0 Å². The summed E-state index contributed by atoms with van der Waals surface area (Å²) < 4.78 is 2.11. The lowest BCUT2D eigenvalue weighted by molar-refractivity contribution is 0.797. The van der Waals surface area contributed by atoms with Crippen molar-refractivity contribution in [1.82, 2.24) is 14.5 Å². The number of rotatable bonds is 2. The minimum absolute atomic E-state index is 0.765. The van der Waals surface area contributed by atoms with Crippen molar-refractivity contribution in [3.05, 3.63) is 60.7 Å². The summed E-state index contributed by atoms with van der Waals surface area (Å²) >= 11 is 0. The summed E-state index contributed by atoms with van der Waals surface area (Å²) in [5.74, 6) is 0. The summed E-state index contributed by atoms with van der Waals surface area (Å²) in [5.41, 5.74) is 3.22. The average Bonchev–Trinajstić information content (AvgIpc) is 2.74. The van der Waals surface area contributed by atoms with Crippen molar-refractivity contribution in [1.29, 1.82) is 0 Å². The predicted molar refractivity (Wildman–Crippen MR) is 63.1 cm³/mol.